The molecule has 8 heteroatoms. The third-order valence-corrected chi connectivity index (χ3v) is 2.80. The molecule has 0 radical (unpaired) electrons. The van der Waals surface area contributed by atoms with Crippen molar-refractivity contribution in [2.45, 2.75) is 13.0 Å². The van der Waals surface area contributed by atoms with Gasteiger partial charge in [0.25, 0.3) is 0 Å². The van der Waals surface area contributed by atoms with E-state index >= 15 is 0 Å². The number of nitrogens with two attached hydrogens (primary N) is 2. The minimum atomic E-state index is -0.516. The number of hydrogen-bond donors (Lipinski definition) is 3. The maximum atomic E-state index is 11.4. The van der Waals surface area contributed by atoms with Crippen molar-refractivity contribution in [3.8, 4) is 0 Å². The van der Waals surface area contributed by atoms with Crippen molar-refractivity contribution >= 4 is 17.7 Å². The van der Waals surface area contributed by atoms with E-state index in [-0.39, 0.29) is 6.61 Å². The number of rotatable bonds is 3. The normalized spacial score (nSPS) is 19.7. The van der Waals surface area contributed by atoms with E-state index in [2.05, 4.69) is 15.4 Å². The SMILES string of the molecule is Cc1cnc(NN)nc1N1CCOCC1C(N)=O. The summed E-state index contributed by atoms with van der Waals surface area (Å²) >= 11 is 0. The molecule has 0 bridgehead atoms. The van der Waals surface area contributed by atoms with E-state index in [1.807, 2.05) is 11.8 Å². The zero-order valence-electron chi connectivity index (χ0n) is 10.1. The highest BCUT2D eigenvalue weighted by atomic mass is 16.5. The lowest BCUT2D eigenvalue weighted by Gasteiger charge is -2.35. The van der Waals surface area contributed by atoms with Gasteiger partial charge in [-0.15, -0.1) is 0 Å². The lowest BCUT2D eigenvalue weighted by molar-refractivity contribution is -0.121. The largest absolute Gasteiger partial charge is 0.377 e. The molecule has 1 fully saturated rings. The van der Waals surface area contributed by atoms with Gasteiger partial charge in [-0.1, -0.05) is 0 Å². The topological polar surface area (TPSA) is 119 Å². The molecule has 1 atom stereocenters. The van der Waals surface area contributed by atoms with Crippen LogP contribution >= 0.6 is 0 Å². The maximum absolute atomic E-state index is 11.4. The molecule has 0 saturated carbocycles. The summed E-state index contributed by atoms with van der Waals surface area (Å²) in [6.07, 6.45) is 1.64. The fourth-order valence-electron chi connectivity index (χ4n) is 1.89. The number of ether oxygens (including phenoxy) is 1. The molecule has 1 aliphatic heterocycles. The van der Waals surface area contributed by atoms with Gasteiger partial charge in [-0.2, -0.15) is 4.98 Å². The molecule has 98 valence electrons. The van der Waals surface area contributed by atoms with Crippen molar-refractivity contribution in [3.05, 3.63) is 11.8 Å². The highest BCUT2D eigenvalue weighted by Crippen LogP contribution is 2.22. The molecule has 1 saturated heterocycles. The number of hydrazine groups is 1. The van der Waals surface area contributed by atoms with Gasteiger partial charge in [-0.3, -0.25) is 10.2 Å². The number of amides is 1. The first-order chi connectivity index (χ1) is 8.63. The molecule has 2 heterocycles. The quantitative estimate of drug-likeness (QED) is 0.454. The number of primary amides is 1. The molecule has 1 aromatic rings. The number of morpholine rings is 1. The number of anilines is 2. The Morgan fingerprint density at radius 2 is 2.44 bits per heavy atom. The summed E-state index contributed by atoms with van der Waals surface area (Å²) in [4.78, 5) is 21.5. The Hall–Kier alpha value is -1.93. The van der Waals surface area contributed by atoms with E-state index < -0.39 is 11.9 Å². The fourth-order valence-corrected chi connectivity index (χ4v) is 1.89. The molecule has 1 unspecified atom stereocenters. The summed E-state index contributed by atoms with van der Waals surface area (Å²) in [7, 11) is 0. The third-order valence-electron chi connectivity index (χ3n) is 2.80. The van der Waals surface area contributed by atoms with Gasteiger partial charge in [0, 0.05) is 18.3 Å². The Kier molecular flexibility index (Phi) is 3.58. The molecule has 1 amide bonds. The number of aromatic nitrogens is 2. The van der Waals surface area contributed by atoms with Crippen molar-refractivity contribution in [1.29, 1.82) is 0 Å². The van der Waals surface area contributed by atoms with Crippen LogP contribution in [0.5, 0.6) is 0 Å². The van der Waals surface area contributed by atoms with E-state index in [1.165, 1.54) is 0 Å². The summed E-state index contributed by atoms with van der Waals surface area (Å²) < 4.78 is 5.27. The standard InChI is InChI=1S/C10H16N6O2/c1-6-4-13-10(15-12)14-9(6)16-2-3-18-5-7(16)8(11)17/h4,7H,2-3,5,12H2,1H3,(H2,11,17)(H,13,14,15). The van der Waals surface area contributed by atoms with Crippen LogP contribution in [0.1, 0.15) is 5.56 Å². The summed E-state index contributed by atoms with van der Waals surface area (Å²) in [6, 6.07) is -0.516. The van der Waals surface area contributed by atoms with E-state index in [1.54, 1.807) is 6.20 Å². The number of nitrogen functional groups attached to an aromatic ring is 1. The first kappa shape index (κ1) is 12.5. The summed E-state index contributed by atoms with van der Waals surface area (Å²) in [6.45, 7) is 3.21. The van der Waals surface area contributed by atoms with Crippen LogP contribution in [-0.4, -0.2) is 41.7 Å². The number of nitrogens with one attached hydrogen (secondary N) is 1. The molecule has 1 aromatic heterocycles. The number of aryl methyl sites for hydroxylation is 1. The predicted octanol–water partition coefficient (Wildman–Crippen LogP) is -1.24. The predicted molar refractivity (Wildman–Crippen MR) is 65.7 cm³/mol. The molecule has 8 nitrogen and oxygen atoms in total. The van der Waals surface area contributed by atoms with Crippen LogP contribution in [0.15, 0.2) is 6.20 Å². The van der Waals surface area contributed by atoms with Crippen LogP contribution in [0, 0.1) is 6.92 Å². The van der Waals surface area contributed by atoms with Gasteiger partial charge in [0.05, 0.1) is 13.2 Å². The second-order valence-electron chi connectivity index (χ2n) is 4.03. The molecule has 2 rings (SSSR count). The van der Waals surface area contributed by atoms with Gasteiger partial charge in [0.1, 0.15) is 11.9 Å². The zero-order valence-corrected chi connectivity index (χ0v) is 10.1. The van der Waals surface area contributed by atoms with Crippen LogP contribution in [-0.2, 0) is 9.53 Å². The third kappa shape index (κ3) is 2.34. The molecule has 0 spiro atoms. The Labute approximate surface area is 104 Å². The van der Waals surface area contributed by atoms with Crippen molar-refractivity contribution < 1.29 is 9.53 Å². The smallest absolute Gasteiger partial charge is 0.242 e. The molecule has 5 N–H and O–H groups in total. The molecular formula is C10H16N6O2. The Morgan fingerprint density at radius 3 is 3.11 bits per heavy atom. The molecule has 0 aromatic carbocycles. The average molecular weight is 252 g/mol. The monoisotopic (exact) mass is 252 g/mol. The van der Waals surface area contributed by atoms with Gasteiger partial charge >= 0.3 is 0 Å². The minimum Gasteiger partial charge on any atom is -0.377 e. The first-order valence-electron chi connectivity index (χ1n) is 5.57. The lowest BCUT2D eigenvalue weighted by Crippen LogP contribution is -2.53. The summed E-state index contributed by atoms with van der Waals surface area (Å²) in [5.41, 5.74) is 8.60. The number of hydrogen-bond acceptors (Lipinski definition) is 7. The minimum absolute atomic E-state index is 0.268. The van der Waals surface area contributed by atoms with Crippen LogP contribution in [0.3, 0.4) is 0 Å². The molecule has 1 aliphatic rings. The van der Waals surface area contributed by atoms with Crippen molar-refractivity contribution in [3.63, 3.8) is 0 Å². The van der Waals surface area contributed by atoms with Crippen LogP contribution in [0.2, 0.25) is 0 Å². The van der Waals surface area contributed by atoms with Crippen molar-refractivity contribution in [1.82, 2.24) is 9.97 Å². The zero-order chi connectivity index (χ0) is 13.1. The highest BCUT2D eigenvalue weighted by Gasteiger charge is 2.29. The molecular weight excluding hydrogens is 236 g/mol. The Bertz CT molecular complexity index is 452. The van der Waals surface area contributed by atoms with Gasteiger partial charge < -0.3 is 15.4 Å². The summed E-state index contributed by atoms with van der Waals surface area (Å²) in [5, 5.41) is 0. The number of carbonyl (C=O) groups is 1. The van der Waals surface area contributed by atoms with E-state index in [0.717, 1.165) is 5.56 Å². The van der Waals surface area contributed by atoms with Gasteiger partial charge in [0.15, 0.2) is 0 Å². The van der Waals surface area contributed by atoms with E-state index in [4.69, 9.17) is 16.3 Å². The lowest BCUT2D eigenvalue weighted by atomic mass is 10.2. The number of carbonyl (C=O) groups excluding carboxylic acids is 1. The Morgan fingerprint density at radius 1 is 1.67 bits per heavy atom. The van der Waals surface area contributed by atoms with E-state index in [0.29, 0.717) is 24.9 Å². The van der Waals surface area contributed by atoms with Crippen molar-refractivity contribution in [2.24, 2.45) is 11.6 Å². The molecule has 18 heavy (non-hydrogen) atoms. The van der Waals surface area contributed by atoms with Crippen molar-refractivity contribution in [2.75, 3.05) is 30.1 Å². The van der Waals surface area contributed by atoms with Crippen LogP contribution in [0.25, 0.3) is 0 Å². The first-order valence-corrected chi connectivity index (χ1v) is 5.57. The van der Waals surface area contributed by atoms with E-state index in [9.17, 15) is 4.79 Å². The second-order valence-corrected chi connectivity index (χ2v) is 4.03. The van der Waals surface area contributed by atoms with Gasteiger partial charge in [0.2, 0.25) is 11.9 Å². The average Bonchev–Trinajstić information content (AvgIpc) is 2.39. The summed E-state index contributed by atoms with van der Waals surface area (Å²) in [5.74, 6) is 5.79. The second kappa shape index (κ2) is 5.15. The van der Waals surface area contributed by atoms with Gasteiger partial charge in [-0.25, -0.2) is 10.8 Å². The Balaban J connectivity index is 2.35. The number of nitrogens with zero attached hydrogens (tertiary/aromatic N) is 3. The van der Waals surface area contributed by atoms with Crippen LogP contribution in [0.4, 0.5) is 11.8 Å². The highest BCUT2D eigenvalue weighted by molar-refractivity contribution is 5.84. The maximum Gasteiger partial charge on any atom is 0.242 e. The molecule has 0 aliphatic carbocycles. The van der Waals surface area contributed by atoms with Gasteiger partial charge in [-0.05, 0) is 6.92 Å². The van der Waals surface area contributed by atoms with Crippen LogP contribution < -0.4 is 21.9 Å². The fraction of sp³-hybridized carbons (Fsp3) is 0.500.